The van der Waals surface area contributed by atoms with Gasteiger partial charge in [-0.25, -0.2) is 0 Å². The Kier molecular flexibility index (Phi) is 8.91. The molecular formula is C13H26N2O. The number of hydrogen-bond acceptors (Lipinski definition) is 2. The first-order valence-electron chi connectivity index (χ1n) is 6.18. The summed E-state index contributed by atoms with van der Waals surface area (Å²) in [6.45, 7) is 7.62. The molecule has 0 aromatic carbocycles. The van der Waals surface area contributed by atoms with Crippen molar-refractivity contribution in [3.63, 3.8) is 0 Å². The average molecular weight is 226 g/mol. The van der Waals surface area contributed by atoms with E-state index in [-0.39, 0.29) is 5.91 Å². The summed E-state index contributed by atoms with van der Waals surface area (Å²) in [6.07, 6.45) is 6.53. The predicted molar refractivity (Wildman–Crippen MR) is 69.1 cm³/mol. The average Bonchev–Trinajstić information content (AvgIpc) is 2.23. The Hall–Kier alpha value is -0.830. The van der Waals surface area contributed by atoms with Gasteiger partial charge in [0, 0.05) is 13.0 Å². The molecule has 0 bridgehead atoms. The third-order valence-corrected chi connectivity index (χ3v) is 2.48. The topological polar surface area (TPSA) is 55.1 Å². The Morgan fingerprint density at radius 1 is 1.44 bits per heavy atom. The Balaban J connectivity index is 3.74. The van der Waals surface area contributed by atoms with Crippen LogP contribution in [-0.4, -0.2) is 19.0 Å². The summed E-state index contributed by atoms with van der Waals surface area (Å²) in [7, 11) is 0. The molecule has 0 saturated heterocycles. The monoisotopic (exact) mass is 226 g/mol. The normalized spacial score (nSPS) is 13.3. The first kappa shape index (κ1) is 15.2. The zero-order valence-electron chi connectivity index (χ0n) is 10.8. The van der Waals surface area contributed by atoms with Crippen LogP contribution >= 0.6 is 0 Å². The van der Waals surface area contributed by atoms with Crippen LogP contribution in [0.15, 0.2) is 12.2 Å². The van der Waals surface area contributed by atoms with Crippen LogP contribution < -0.4 is 11.1 Å². The van der Waals surface area contributed by atoms with Crippen molar-refractivity contribution >= 4 is 5.91 Å². The van der Waals surface area contributed by atoms with E-state index in [0.29, 0.717) is 24.8 Å². The van der Waals surface area contributed by atoms with E-state index >= 15 is 0 Å². The molecule has 3 N–H and O–H groups in total. The van der Waals surface area contributed by atoms with Gasteiger partial charge in [-0.05, 0) is 38.1 Å². The molecule has 0 heterocycles. The highest BCUT2D eigenvalue weighted by molar-refractivity contribution is 5.76. The van der Waals surface area contributed by atoms with E-state index in [2.05, 4.69) is 25.2 Å². The summed E-state index contributed by atoms with van der Waals surface area (Å²) in [5, 5.41) is 2.91. The van der Waals surface area contributed by atoms with Crippen molar-refractivity contribution in [2.24, 2.45) is 17.6 Å². The number of carbonyl (C=O) groups excluding carboxylic acids is 1. The van der Waals surface area contributed by atoms with E-state index in [9.17, 15) is 4.79 Å². The lowest BCUT2D eigenvalue weighted by Crippen LogP contribution is -2.29. The van der Waals surface area contributed by atoms with Gasteiger partial charge in [0.15, 0.2) is 0 Å². The lowest BCUT2D eigenvalue weighted by Gasteiger charge is -2.16. The summed E-state index contributed by atoms with van der Waals surface area (Å²) in [5.41, 5.74) is 5.65. The molecule has 94 valence electrons. The molecule has 0 aliphatic carbocycles. The van der Waals surface area contributed by atoms with Crippen molar-refractivity contribution in [1.82, 2.24) is 5.32 Å². The fourth-order valence-corrected chi connectivity index (χ4v) is 1.73. The van der Waals surface area contributed by atoms with Crippen molar-refractivity contribution in [3.8, 4) is 0 Å². The molecule has 0 unspecified atom stereocenters. The molecule has 3 heteroatoms. The molecule has 0 spiro atoms. The maximum Gasteiger partial charge on any atom is 0.220 e. The summed E-state index contributed by atoms with van der Waals surface area (Å²) < 4.78 is 0. The molecule has 0 aromatic heterocycles. The highest BCUT2D eigenvalue weighted by Gasteiger charge is 2.13. The zero-order chi connectivity index (χ0) is 12.4. The van der Waals surface area contributed by atoms with E-state index in [1.54, 1.807) is 0 Å². The van der Waals surface area contributed by atoms with Gasteiger partial charge in [-0.1, -0.05) is 26.0 Å². The van der Waals surface area contributed by atoms with Crippen LogP contribution in [0.25, 0.3) is 0 Å². The van der Waals surface area contributed by atoms with Gasteiger partial charge in [0.25, 0.3) is 0 Å². The van der Waals surface area contributed by atoms with Crippen LogP contribution in [0.1, 0.15) is 40.0 Å². The maximum atomic E-state index is 11.6. The fourth-order valence-electron chi connectivity index (χ4n) is 1.73. The lowest BCUT2D eigenvalue weighted by atomic mass is 9.94. The lowest BCUT2D eigenvalue weighted by molar-refractivity contribution is -0.122. The van der Waals surface area contributed by atoms with E-state index in [1.165, 1.54) is 0 Å². The third kappa shape index (κ3) is 8.48. The molecule has 0 aromatic rings. The standard InChI is InChI=1S/C13H26N2O/c1-4-5-6-7-15-13(16)9-12(10-14)8-11(2)3/h4-5,11-12H,6-10,14H2,1-3H3,(H,15,16)/b5-4+/t12-/m0/s1. The second kappa shape index (κ2) is 9.40. The van der Waals surface area contributed by atoms with Gasteiger partial charge >= 0.3 is 0 Å². The SMILES string of the molecule is C/C=C/CCNC(=O)C[C@@H](CN)CC(C)C. The van der Waals surface area contributed by atoms with Crippen LogP contribution in [0.4, 0.5) is 0 Å². The van der Waals surface area contributed by atoms with Gasteiger partial charge < -0.3 is 11.1 Å². The first-order valence-corrected chi connectivity index (χ1v) is 6.18. The second-order valence-electron chi connectivity index (χ2n) is 4.64. The molecule has 0 radical (unpaired) electrons. The van der Waals surface area contributed by atoms with Gasteiger partial charge in [0.2, 0.25) is 5.91 Å². The number of carbonyl (C=O) groups is 1. The molecule has 0 aliphatic heterocycles. The minimum Gasteiger partial charge on any atom is -0.356 e. The van der Waals surface area contributed by atoms with E-state index in [4.69, 9.17) is 5.73 Å². The Morgan fingerprint density at radius 3 is 2.62 bits per heavy atom. The van der Waals surface area contributed by atoms with Crippen molar-refractivity contribution in [1.29, 1.82) is 0 Å². The summed E-state index contributed by atoms with van der Waals surface area (Å²) in [6, 6.07) is 0. The Labute approximate surface area is 99.5 Å². The van der Waals surface area contributed by atoms with E-state index in [0.717, 1.165) is 19.4 Å². The second-order valence-corrected chi connectivity index (χ2v) is 4.64. The Bertz CT molecular complexity index is 212. The molecular weight excluding hydrogens is 200 g/mol. The maximum absolute atomic E-state index is 11.6. The molecule has 0 fully saturated rings. The molecule has 3 nitrogen and oxygen atoms in total. The van der Waals surface area contributed by atoms with Gasteiger partial charge in [-0.3, -0.25) is 4.79 Å². The fraction of sp³-hybridized carbons (Fsp3) is 0.769. The van der Waals surface area contributed by atoms with Crippen molar-refractivity contribution in [2.75, 3.05) is 13.1 Å². The van der Waals surface area contributed by atoms with Crippen LogP contribution in [0, 0.1) is 11.8 Å². The first-order chi connectivity index (χ1) is 7.60. The van der Waals surface area contributed by atoms with Gasteiger partial charge in [0.05, 0.1) is 0 Å². The number of hydrogen-bond donors (Lipinski definition) is 2. The van der Waals surface area contributed by atoms with E-state index in [1.807, 2.05) is 13.0 Å². The number of rotatable bonds is 8. The van der Waals surface area contributed by atoms with Gasteiger partial charge in [-0.15, -0.1) is 0 Å². The molecule has 1 atom stereocenters. The smallest absolute Gasteiger partial charge is 0.220 e. The minimum atomic E-state index is 0.126. The minimum absolute atomic E-state index is 0.126. The number of nitrogens with one attached hydrogen (secondary N) is 1. The van der Waals surface area contributed by atoms with Crippen LogP contribution in [0.3, 0.4) is 0 Å². The third-order valence-electron chi connectivity index (χ3n) is 2.48. The van der Waals surface area contributed by atoms with Crippen molar-refractivity contribution in [3.05, 3.63) is 12.2 Å². The van der Waals surface area contributed by atoms with Crippen LogP contribution in [-0.2, 0) is 4.79 Å². The summed E-state index contributed by atoms with van der Waals surface area (Å²) in [5.74, 6) is 1.05. The largest absolute Gasteiger partial charge is 0.356 e. The van der Waals surface area contributed by atoms with Crippen LogP contribution in [0.2, 0.25) is 0 Å². The van der Waals surface area contributed by atoms with Crippen molar-refractivity contribution in [2.45, 2.75) is 40.0 Å². The summed E-state index contributed by atoms with van der Waals surface area (Å²) in [4.78, 5) is 11.6. The summed E-state index contributed by atoms with van der Waals surface area (Å²) >= 11 is 0. The van der Waals surface area contributed by atoms with E-state index < -0.39 is 0 Å². The molecule has 0 saturated carbocycles. The number of amides is 1. The highest BCUT2D eigenvalue weighted by atomic mass is 16.1. The highest BCUT2D eigenvalue weighted by Crippen LogP contribution is 2.13. The van der Waals surface area contributed by atoms with Gasteiger partial charge in [-0.2, -0.15) is 0 Å². The molecule has 0 rings (SSSR count). The van der Waals surface area contributed by atoms with Crippen molar-refractivity contribution < 1.29 is 4.79 Å². The zero-order valence-corrected chi connectivity index (χ0v) is 10.8. The predicted octanol–water partition coefficient (Wildman–Crippen LogP) is 2.08. The quantitative estimate of drug-likeness (QED) is 0.492. The molecule has 0 aliphatic rings. The number of allylic oxidation sites excluding steroid dienone is 1. The van der Waals surface area contributed by atoms with Gasteiger partial charge in [0.1, 0.15) is 0 Å². The molecule has 16 heavy (non-hydrogen) atoms. The molecule has 1 amide bonds. The number of nitrogens with two attached hydrogens (primary N) is 1. The van der Waals surface area contributed by atoms with Crippen LogP contribution in [0.5, 0.6) is 0 Å². The Morgan fingerprint density at radius 2 is 2.12 bits per heavy atom.